The minimum absolute atomic E-state index is 0.0984. The maximum absolute atomic E-state index is 6.12. The second-order valence-electron chi connectivity index (χ2n) is 4.39. The number of hydrogen-bond acceptors (Lipinski definition) is 3. The molecule has 1 aromatic carbocycles. The van der Waals surface area contributed by atoms with Gasteiger partial charge in [-0.25, -0.2) is 0 Å². The molecule has 0 aliphatic carbocycles. The van der Waals surface area contributed by atoms with Crippen LogP contribution in [0, 0.1) is 0 Å². The van der Waals surface area contributed by atoms with E-state index >= 15 is 0 Å². The molecular formula is C13H19NO2. The summed E-state index contributed by atoms with van der Waals surface area (Å²) in [7, 11) is 1.72. The van der Waals surface area contributed by atoms with Crippen LogP contribution in [0.15, 0.2) is 18.2 Å². The third-order valence-electron chi connectivity index (χ3n) is 2.98. The predicted octanol–water partition coefficient (Wildman–Crippen LogP) is 2.05. The Kier molecular flexibility index (Phi) is 3.46. The third kappa shape index (κ3) is 2.36. The number of fused-ring (bicyclic) bond motifs is 1. The highest BCUT2D eigenvalue weighted by atomic mass is 16.5. The number of benzene rings is 1. The molecule has 16 heavy (non-hydrogen) atoms. The molecule has 88 valence electrons. The number of ether oxygens (including phenoxy) is 2. The van der Waals surface area contributed by atoms with Crippen LogP contribution in [0.4, 0.5) is 0 Å². The number of methoxy groups -OCH3 is 1. The van der Waals surface area contributed by atoms with Gasteiger partial charge in [-0.05, 0) is 25.0 Å². The lowest BCUT2D eigenvalue weighted by molar-refractivity contribution is 0.176. The topological polar surface area (TPSA) is 44.5 Å². The van der Waals surface area contributed by atoms with E-state index in [1.807, 2.05) is 6.07 Å². The van der Waals surface area contributed by atoms with Gasteiger partial charge in [0.1, 0.15) is 5.75 Å². The first kappa shape index (κ1) is 11.4. The standard InChI is InChI=1S/C13H19NO2/c1-9-7-12(14)11-8-10(5-6-15-2)3-4-13(11)16-9/h3-4,8-9,12H,5-7,14H2,1-2H3. The lowest BCUT2D eigenvalue weighted by Gasteiger charge is -2.28. The van der Waals surface area contributed by atoms with Gasteiger partial charge in [0.05, 0.1) is 12.7 Å². The second-order valence-corrected chi connectivity index (χ2v) is 4.39. The molecule has 0 amide bonds. The Hall–Kier alpha value is -1.06. The maximum atomic E-state index is 6.12. The molecule has 1 aliphatic rings. The summed E-state index contributed by atoms with van der Waals surface area (Å²) in [6.07, 6.45) is 2.03. The van der Waals surface area contributed by atoms with Crippen LogP contribution in [-0.4, -0.2) is 19.8 Å². The van der Waals surface area contributed by atoms with Gasteiger partial charge >= 0.3 is 0 Å². The SMILES string of the molecule is COCCc1ccc2c(c1)C(N)CC(C)O2. The molecule has 1 aliphatic heterocycles. The van der Waals surface area contributed by atoms with Crippen LogP contribution in [-0.2, 0) is 11.2 Å². The van der Waals surface area contributed by atoms with Gasteiger partial charge in [0.15, 0.2) is 0 Å². The van der Waals surface area contributed by atoms with Gasteiger partial charge in [-0.15, -0.1) is 0 Å². The molecule has 0 bridgehead atoms. The Balaban J connectivity index is 2.20. The molecule has 2 rings (SSSR count). The zero-order valence-electron chi connectivity index (χ0n) is 9.90. The molecule has 0 fully saturated rings. The monoisotopic (exact) mass is 221 g/mol. The summed E-state index contributed by atoms with van der Waals surface area (Å²) in [5, 5.41) is 0. The van der Waals surface area contributed by atoms with E-state index in [4.69, 9.17) is 15.2 Å². The van der Waals surface area contributed by atoms with E-state index in [1.165, 1.54) is 5.56 Å². The van der Waals surface area contributed by atoms with Gasteiger partial charge in [-0.2, -0.15) is 0 Å². The van der Waals surface area contributed by atoms with Crippen molar-refractivity contribution < 1.29 is 9.47 Å². The van der Waals surface area contributed by atoms with Gasteiger partial charge in [0.25, 0.3) is 0 Å². The average molecular weight is 221 g/mol. The minimum atomic E-state index is 0.0984. The summed E-state index contributed by atoms with van der Waals surface area (Å²) in [6, 6.07) is 6.35. The van der Waals surface area contributed by atoms with Crippen LogP contribution in [0.25, 0.3) is 0 Å². The van der Waals surface area contributed by atoms with E-state index in [2.05, 4.69) is 19.1 Å². The Bertz CT molecular complexity index is 365. The number of rotatable bonds is 3. The lowest BCUT2D eigenvalue weighted by atomic mass is 9.95. The quantitative estimate of drug-likeness (QED) is 0.849. The van der Waals surface area contributed by atoms with E-state index < -0.39 is 0 Å². The third-order valence-corrected chi connectivity index (χ3v) is 2.98. The average Bonchev–Trinajstić information content (AvgIpc) is 2.26. The van der Waals surface area contributed by atoms with Crippen molar-refractivity contribution in [3.8, 4) is 5.75 Å². The first-order chi connectivity index (χ1) is 7.70. The molecule has 0 aromatic heterocycles. The van der Waals surface area contributed by atoms with E-state index in [1.54, 1.807) is 7.11 Å². The van der Waals surface area contributed by atoms with Gasteiger partial charge in [0.2, 0.25) is 0 Å². The minimum Gasteiger partial charge on any atom is -0.490 e. The van der Waals surface area contributed by atoms with Crippen molar-refractivity contribution in [3.63, 3.8) is 0 Å². The predicted molar refractivity (Wildman–Crippen MR) is 63.7 cm³/mol. The fourth-order valence-corrected chi connectivity index (χ4v) is 2.12. The van der Waals surface area contributed by atoms with Crippen LogP contribution in [0.3, 0.4) is 0 Å². The van der Waals surface area contributed by atoms with Gasteiger partial charge < -0.3 is 15.2 Å². The van der Waals surface area contributed by atoms with Crippen LogP contribution in [0.2, 0.25) is 0 Å². The fraction of sp³-hybridized carbons (Fsp3) is 0.538. The smallest absolute Gasteiger partial charge is 0.124 e. The van der Waals surface area contributed by atoms with Crippen LogP contribution < -0.4 is 10.5 Å². The summed E-state index contributed by atoms with van der Waals surface area (Å²) >= 11 is 0. The molecule has 2 N–H and O–H groups in total. The molecule has 0 saturated heterocycles. The Morgan fingerprint density at radius 2 is 2.31 bits per heavy atom. The fourth-order valence-electron chi connectivity index (χ4n) is 2.12. The van der Waals surface area contributed by atoms with Gasteiger partial charge in [-0.3, -0.25) is 0 Å². The second kappa shape index (κ2) is 4.85. The maximum Gasteiger partial charge on any atom is 0.124 e. The van der Waals surface area contributed by atoms with E-state index in [-0.39, 0.29) is 12.1 Å². The highest BCUT2D eigenvalue weighted by Crippen LogP contribution is 2.33. The first-order valence-corrected chi connectivity index (χ1v) is 5.74. The Labute approximate surface area is 96.5 Å². The zero-order valence-corrected chi connectivity index (χ0v) is 9.90. The van der Waals surface area contributed by atoms with Crippen LogP contribution >= 0.6 is 0 Å². The molecule has 1 heterocycles. The first-order valence-electron chi connectivity index (χ1n) is 5.74. The zero-order chi connectivity index (χ0) is 11.5. The summed E-state index contributed by atoms with van der Waals surface area (Å²) in [5.74, 6) is 0.937. The lowest BCUT2D eigenvalue weighted by Crippen LogP contribution is -2.27. The van der Waals surface area contributed by atoms with Crippen molar-refractivity contribution in [2.24, 2.45) is 5.73 Å². The molecule has 1 aromatic rings. The van der Waals surface area contributed by atoms with Crippen molar-refractivity contribution in [3.05, 3.63) is 29.3 Å². The molecule has 0 spiro atoms. The summed E-state index contributed by atoms with van der Waals surface area (Å²) in [6.45, 7) is 2.80. The summed E-state index contributed by atoms with van der Waals surface area (Å²) < 4.78 is 10.8. The van der Waals surface area contributed by atoms with Crippen LogP contribution in [0.5, 0.6) is 5.75 Å². The van der Waals surface area contributed by atoms with E-state index in [9.17, 15) is 0 Å². The van der Waals surface area contributed by atoms with Gasteiger partial charge in [-0.1, -0.05) is 12.1 Å². The van der Waals surface area contributed by atoms with Crippen molar-refractivity contribution >= 4 is 0 Å². The largest absolute Gasteiger partial charge is 0.490 e. The number of nitrogens with two attached hydrogens (primary N) is 1. The Morgan fingerprint density at radius 1 is 1.50 bits per heavy atom. The highest BCUT2D eigenvalue weighted by Gasteiger charge is 2.22. The van der Waals surface area contributed by atoms with E-state index in [0.29, 0.717) is 0 Å². The van der Waals surface area contributed by atoms with Crippen molar-refractivity contribution in [2.75, 3.05) is 13.7 Å². The summed E-state index contributed by atoms with van der Waals surface area (Å²) in [5.41, 5.74) is 8.51. The molecule has 0 radical (unpaired) electrons. The normalized spacial score (nSPS) is 23.7. The molecule has 0 saturated carbocycles. The van der Waals surface area contributed by atoms with Crippen molar-refractivity contribution in [1.29, 1.82) is 0 Å². The van der Waals surface area contributed by atoms with Crippen LogP contribution in [0.1, 0.15) is 30.5 Å². The van der Waals surface area contributed by atoms with Crippen molar-refractivity contribution in [2.45, 2.75) is 31.9 Å². The number of hydrogen-bond donors (Lipinski definition) is 1. The van der Waals surface area contributed by atoms with Gasteiger partial charge in [0, 0.05) is 25.1 Å². The Morgan fingerprint density at radius 3 is 3.06 bits per heavy atom. The highest BCUT2D eigenvalue weighted by molar-refractivity contribution is 5.41. The molecule has 3 nitrogen and oxygen atoms in total. The molecule has 2 atom stereocenters. The summed E-state index contributed by atoms with van der Waals surface area (Å²) in [4.78, 5) is 0. The molecular weight excluding hydrogens is 202 g/mol. The molecule has 2 unspecified atom stereocenters. The van der Waals surface area contributed by atoms with Crippen molar-refractivity contribution in [1.82, 2.24) is 0 Å². The molecule has 3 heteroatoms. The van der Waals surface area contributed by atoms with E-state index in [0.717, 1.165) is 30.8 Å².